The van der Waals surface area contributed by atoms with Crippen LogP contribution in [0.1, 0.15) is 150 Å². The second-order valence-corrected chi connectivity index (χ2v) is 14.1. The summed E-state index contributed by atoms with van der Waals surface area (Å²) in [5.41, 5.74) is 0. The van der Waals surface area contributed by atoms with Crippen LogP contribution >= 0.6 is 0 Å². The summed E-state index contributed by atoms with van der Waals surface area (Å²) in [6.07, 6.45) is 29.9. The highest BCUT2D eigenvalue weighted by Crippen LogP contribution is 2.31. The zero-order chi connectivity index (χ0) is 23.0. The first kappa shape index (κ1) is 30.9. The first-order valence-corrected chi connectivity index (χ1v) is 17.0. The minimum atomic E-state index is -1.55. The van der Waals surface area contributed by atoms with Crippen LogP contribution in [0, 0.1) is 0 Å². The summed E-state index contributed by atoms with van der Waals surface area (Å²) in [7, 11) is -1.55. The summed E-state index contributed by atoms with van der Waals surface area (Å²) in [5.74, 6) is 0. The molecule has 0 amide bonds. The molecule has 186 valence electrons. The van der Waals surface area contributed by atoms with Crippen LogP contribution in [0.3, 0.4) is 0 Å². The summed E-state index contributed by atoms with van der Waals surface area (Å²) in [6, 6.07) is 4.08. The smallest absolute Gasteiger partial charge is 0.193 e. The Labute approximate surface area is 199 Å². The van der Waals surface area contributed by atoms with Gasteiger partial charge in [0.2, 0.25) is 0 Å². The molecule has 0 N–H and O–H groups in total. The van der Waals surface area contributed by atoms with E-state index in [9.17, 15) is 0 Å². The third kappa shape index (κ3) is 18.1. The molecule has 0 aliphatic rings. The molecule has 0 aromatic carbocycles. The predicted octanol–water partition coefficient (Wildman–Crippen LogP) is 11.0. The summed E-state index contributed by atoms with van der Waals surface area (Å²) in [6.45, 7) is 11.5. The van der Waals surface area contributed by atoms with E-state index in [4.69, 9.17) is 4.43 Å². The third-order valence-corrected chi connectivity index (χ3v) is 11.9. The van der Waals surface area contributed by atoms with Crippen LogP contribution < -0.4 is 0 Å². The van der Waals surface area contributed by atoms with Crippen LogP contribution in [-0.4, -0.2) is 14.4 Å². The fraction of sp³-hybridized carbons (Fsp3) is 0.931. The van der Waals surface area contributed by atoms with Gasteiger partial charge in [-0.2, -0.15) is 0 Å². The van der Waals surface area contributed by atoms with E-state index in [2.05, 4.69) is 46.8 Å². The average Bonchev–Trinajstić information content (AvgIpc) is 2.75. The monoisotopic (exact) mass is 452 g/mol. The molecule has 0 aliphatic carbocycles. The van der Waals surface area contributed by atoms with E-state index >= 15 is 0 Å². The van der Waals surface area contributed by atoms with Gasteiger partial charge in [0.15, 0.2) is 8.32 Å². The second kappa shape index (κ2) is 23.1. The number of unbranched alkanes of at least 4 members (excludes halogenated alkanes) is 12. The van der Waals surface area contributed by atoms with E-state index in [0.717, 1.165) is 6.42 Å². The molecule has 0 bridgehead atoms. The van der Waals surface area contributed by atoms with E-state index in [1.807, 2.05) is 0 Å². The molecule has 0 aliphatic heterocycles. The maximum Gasteiger partial charge on any atom is 0.193 e. The van der Waals surface area contributed by atoms with Crippen molar-refractivity contribution in [3.8, 4) is 0 Å². The highest BCUT2D eigenvalue weighted by atomic mass is 28.4. The molecule has 1 atom stereocenters. The molecule has 0 rings (SSSR count). The lowest BCUT2D eigenvalue weighted by Gasteiger charge is -2.35. The molecule has 0 heterocycles. The van der Waals surface area contributed by atoms with Crippen molar-refractivity contribution < 1.29 is 4.43 Å². The molecule has 31 heavy (non-hydrogen) atoms. The van der Waals surface area contributed by atoms with Gasteiger partial charge >= 0.3 is 0 Å². The molecule has 0 unspecified atom stereocenters. The molecule has 0 aromatic heterocycles. The van der Waals surface area contributed by atoms with Crippen LogP contribution in [0.15, 0.2) is 12.2 Å². The van der Waals surface area contributed by atoms with Crippen LogP contribution in [-0.2, 0) is 4.43 Å². The SMILES string of the molecule is C/C=C/C[C@H](CCCCCCCCCCCCCCC)O[Si](CCC)(CCC)CCC. The standard InChI is InChI=1S/C29H60OSi/c1-6-11-13-14-15-16-17-18-19-20-21-22-23-25-29(24-12-7-2)30-31(26-8-3,27-9-4)28-10-5/h7,12,29H,6,8-11,13-28H2,1-5H3/b12-7+/t29-/m1/s1. The molecule has 0 saturated heterocycles. The molecule has 1 nitrogen and oxygen atoms in total. The molecule has 0 aromatic rings. The van der Waals surface area contributed by atoms with Crippen molar-refractivity contribution in [1.29, 1.82) is 0 Å². The van der Waals surface area contributed by atoms with Crippen molar-refractivity contribution >= 4 is 8.32 Å². The average molecular weight is 453 g/mol. The molecular weight excluding hydrogens is 392 g/mol. The first-order chi connectivity index (χ1) is 15.2. The molecule has 0 saturated carbocycles. The van der Waals surface area contributed by atoms with Gasteiger partial charge in [-0.25, -0.2) is 0 Å². The van der Waals surface area contributed by atoms with E-state index in [1.165, 1.54) is 127 Å². The lowest BCUT2D eigenvalue weighted by Crippen LogP contribution is -2.41. The van der Waals surface area contributed by atoms with Crippen LogP contribution in [0.5, 0.6) is 0 Å². The van der Waals surface area contributed by atoms with Crippen LogP contribution in [0.4, 0.5) is 0 Å². The van der Waals surface area contributed by atoms with E-state index < -0.39 is 8.32 Å². The van der Waals surface area contributed by atoms with Gasteiger partial charge in [-0.1, -0.05) is 143 Å². The Hall–Kier alpha value is -0.0831. The Morgan fingerprint density at radius 1 is 0.581 bits per heavy atom. The molecular formula is C29H60OSi. The molecule has 0 spiro atoms. The largest absolute Gasteiger partial charge is 0.414 e. The third-order valence-electron chi connectivity index (χ3n) is 6.80. The van der Waals surface area contributed by atoms with Crippen molar-refractivity contribution in [2.75, 3.05) is 0 Å². The number of allylic oxidation sites excluding steroid dienone is 1. The van der Waals surface area contributed by atoms with E-state index in [-0.39, 0.29) is 0 Å². The second-order valence-electron chi connectivity index (χ2n) is 10.0. The number of hydrogen-bond donors (Lipinski definition) is 0. The maximum atomic E-state index is 7.06. The lowest BCUT2D eigenvalue weighted by molar-refractivity contribution is 0.173. The summed E-state index contributed by atoms with van der Waals surface area (Å²) in [4.78, 5) is 0. The Balaban J connectivity index is 4.10. The first-order valence-electron chi connectivity index (χ1n) is 14.5. The minimum absolute atomic E-state index is 0.472. The number of rotatable bonds is 24. The van der Waals surface area contributed by atoms with Gasteiger partial charge in [-0.3, -0.25) is 0 Å². The van der Waals surface area contributed by atoms with Crippen molar-refractivity contribution in [3.05, 3.63) is 12.2 Å². The van der Waals surface area contributed by atoms with Gasteiger partial charge in [0.1, 0.15) is 0 Å². The zero-order valence-electron chi connectivity index (χ0n) is 22.5. The zero-order valence-corrected chi connectivity index (χ0v) is 23.5. The van der Waals surface area contributed by atoms with Gasteiger partial charge in [0.25, 0.3) is 0 Å². The summed E-state index contributed by atoms with van der Waals surface area (Å²) < 4.78 is 7.06. The lowest BCUT2D eigenvalue weighted by atomic mass is 10.0. The van der Waals surface area contributed by atoms with Gasteiger partial charge in [-0.15, -0.1) is 0 Å². The van der Waals surface area contributed by atoms with Crippen LogP contribution in [0.25, 0.3) is 0 Å². The van der Waals surface area contributed by atoms with Crippen molar-refractivity contribution in [2.24, 2.45) is 0 Å². The fourth-order valence-corrected chi connectivity index (χ4v) is 9.93. The van der Waals surface area contributed by atoms with Gasteiger partial charge in [0, 0.05) is 6.10 Å². The van der Waals surface area contributed by atoms with Crippen molar-refractivity contribution in [2.45, 2.75) is 174 Å². The predicted molar refractivity (Wildman–Crippen MR) is 146 cm³/mol. The Kier molecular flexibility index (Phi) is 23.0. The quantitative estimate of drug-likeness (QED) is 0.0803. The Bertz CT molecular complexity index is 362. The van der Waals surface area contributed by atoms with Crippen LogP contribution in [0.2, 0.25) is 18.1 Å². The topological polar surface area (TPSA) is 9.23 Å². The highest BCUT2D eigenvalue weighted by molar-refractivity contribution is 6.73. The Morgan fingerprint density at radius 3 is 1.39 bits per heavy atom. The Morgan fingerprint density at radius 2 is 1.00 bits per heavy atom. The molecule has 2 heteroatoms. The van der Waals surface area contributed by atoms with E-state index in [1.54, 1.807) is 0 Å². The fourth-order valence-electron chi connectivity index (χ4n) is 5.17. The van der Waals surface area contributed by atoms with Crippen molar-refractivity contribution in [3.63, 3.8) is 0 Å². The van der Waals surface area contributed by atoms with Gasteiger partial charge in [-0.05, 0) is 37.9 Å². The van der Waals surface area contributed by atoms with Crippen molar-refractivity contribution in [1.82, 2.24) is 0 Å². The molecule has 0 radical (unpaired) electrons. The normalized spacial score (nSPS) is 13.3. The van der Waals surface area contributed by atoms with Gasteiger partial charge in [0.05, 0.1) is 0 Å². The number of hydrogen-bond acceptors (Lipinski definition) is 1. The summed E-state index contributed by atoms with van der Waals surface area (Å²) in [5, 5.41) is 0. The van der Waals surface area contributed by atoms with Gasteiger partial charge < -0.3 is 4.43 Å². The molecule has 0 fully saturated rings. The van der Waals surface area contributed by atoms with E-state index in [0.29, 0.717) is 6.10 Å². The minimum Gasteiger partial charge on any atom is -0.414 e. The highest BCUT2D eigenvalue weighted by Gasteiger charge is 2.34. The maximum absolute atomic E-state index is 7.06. The summed E-state index contributed by atoms with van der Waals surface area (Å²) >= 11 is 0.